The van der Waals surface area contributed by atoms with E-state index in [2.05, 4.69) is 130 Å². The maximum Gasteiger partial charge on any atom is 1.00 e. The standard InChI is InChI=1S/C14H18O4.C13H16O4.3C12H16O2.C11H14O2.C8H9FO.C3H5BrO2.C3H9ISi.C3H3NO.CH2O3.CH2O2.2Cs.Li.H2O.H/c1-9-5-10-7-14(2,3)18-13(10)11(6-9)17-8-12(15)16-4;1-8-4-9-6-13(2,3)17-12(9)10(5-8)16-7-11(14)15;1-8-5-9-7-12(2,3)14-11(9)10(6-8)13-4;1-8(2)5-10-6-9(3)7-11(14-4)12(10)13;1-9(2)8-14-11-6-5-10(3)7-12(11)13-4;1-7-4-8-6-11(2,3)13-10(8)9(12)5-7;1-6-3-4-7(9)8(5-6)10-2;1-6-3(5)2-4;1-5(2,3)4;1-3(5)2-4;2-1-4-3;2-1-3;;;;;/h5-6H,7-8H2,1-4H3;4-5H,6-7H2,1-3H3,(H,14,15);5-6H,7H2,1-4H3;6-7,13H,1,5H2,2-4H3;5-7H,1,8H2,2-4H3;4-5,12H,6H2,1-3H3;3-5H,1-2H3;2H2,1H3;1-3H3;1H3;1,3H;1H,(H,2,3);;;;1H2;/q;;;;;;;;;;;;3*+1;;-1/p-2. The van der Waals surface area contributed by atoms with Gasteiger partial charge in [-0.05, 0) is 223 Å². The Bertz CT molecular complexity index is 4680. The summed E-state index contributed by atoms with van der Waals surface area (Å²) < 4.78 is 81.1. The first kappa shape index (κ1) is 129. The average Bonchev–Trinajstić information content (AvgIpc) is 1.66. The minimum atomic E-state index is -0.988. The van der Waals surface area contributed by atoms with E-state index >= 15 is 0 Å². The van der Waals surface area contributed by atoms with Crippen molar-refractivity contribution in [1.82, 2.24) is 0 Å². The van der Waals surface area contributed by atoms with E-state index in [1.807, 2.05) is 145 Å². The number of halogens is 3. The number of carbonyl (C=O) groups is 6. The number of carboxylic acid groups (broad SMARTS) is 2. The van der Waals surface area contributed by atoms with E-state index in [0.29, 0.717) is 47.5 Å². The fraction of sp³-hybridized carbons (Fsp3) is 0.430. The number of ketones is 1. The van der Waals surface area contributed by atoms with E-state index in [9.17, 15) is 33.8 Å². The zero-order valence-corrected chi connectivity index (χ0v) is 96.9. The number of aliphatic carboxylic acids is 1. The Morgan fingerprint density at radius 3 is 1.18 bits per heavy atom. The number of aryl methyl sites for hydroxylation is 7. The van der Waals surface area contributed by atoms with Crippen LogP contribution in [0.2, 0.25) is 19.6 Å². The number of allylic oxidation sites excluding steroid dienone is 1. The molecule has 0 aliphatic carbocycles. The molecule has 0 radical (unpaired) electrons. The van der Waals surface area contributed by atoms with Gasteiger partial charge >= 0.3 is 175 Å². The maximum absolute atomic E-state index is 12.6. The molecule has 0 fully saturated rings. The third-order valence-corrected chi connectivity index (χ3v) is 16.3. The van der Waals surface area contributed by atoms with Gasteiger partial charge in [-0.2, -0.15) is 5.26 Å². The van der Waals surface area contributed by atoms with Crippen molar-refractivity contribution >= 4 is 79.9 Å². The minimum absolute atomic E-state index is 0. The van der Waals surface area contributed by atoms with Gasteiger partial charge in [0.2, 0.25) is 5.78 Å². The Morgan fingerprint density at radius 1 is 0.535 bits per heavy atom. The Hall–Kier alpha value is -6.09. The summed E-state index contributed by atoms with van der Waals surface area (Å²) in [7, 11) is 9.03. The Balaban J connectivity index is -0.000000325. The largest absolute Gasteiger partial charge is 1.00 e. The molecule has 4 aliphatic rings. The van der Waals surface area contributed by atoms with Crippen molar-refractivity contribution in [1.29, 1.82) is 5.26 Å². The van der Waals surface area contributed by atoms with Crippen LogP contribution in [0, 0.1) is 65.6 Å². The van der Waals surface area contributed by atoms with Crippen LogP contribution in [-0.2, 0) is 75.2 Å². The summed E-state index contributed by atoms with van der Waals surface area (Å²) in [4.78, 5) is 60.6. The Labute approximate surface area is 903 Å². The summed E-state index contributed by atoms with van der Waals surface area (Å²) in [6.45, 7) is 49.5. The molecular weight excluding hydrogens is 2070 g/mol. The van der Waals surface area contributed by atoms with Crippen molar-refractivity contribution < 1.29 is 289 Å². The van der Waals surface area contributed by atoms with Gasteiger partial charge in [0.1, 0.15) is 46.0 Å². The molecule has 0 amide bonds. The molecule has 34 heteroatoms. The topological polar surface area (TPSA) is 389 Å². The number of esters is 2. The number of alkyl halides is 1. The normalized spacial score (nSPS) is 12.4. The first-order valence-electron chi connectivity index (χ1n) is 38.4. The van der Waals surface area contributed by atoms with Gasteiger partial charge in [0.05, 0.1) is 42.7 Å². The number of nitrogens with zero attached hydrogens (tertiary/aromatic N) is 1. The minimum Gasteiger partial charge on any atom is -1.00 e. The number of Topliss-reactive ketones (excluding diaryl/α,β-unsaturated/α-hetero) is 1. The molecular formula is C93H127BrCs2FILiNO26Si. The van der Waals surface area contributed by atoms with E-state index in [4.69, 9.17) is 82.4 Å². The second kappa shape index (κ2) is 64.7. The molecule has 0 saturated carbocycles. The fourth-order valence-electron chi connectivity index (χ4n) is 11.4. The summed E-state index contributed by atoms with van der Waals surface area (Å²) >= 11 is 5.42. The molecule has 127 heavy (non-hydrogen) atoms. The number of hydrogen-bond donors (Lipinski definition) is 4. The second-order valence-electron chi connectivity index (χ2n) is 31.8. The molecule has 4 aliphatic heterocycles. The van der Waals surface area contributed by atoms with Gasteiger partial charge in [0.15, 0.2) is 93.8 Å². The number of nitriles is 1. The van der Waals surface area contributed by atoms with Crippen LogP contribution in [0.4, 0.5) is 4.39 Å². The average molecular weight is 2200 g/mol. The first-order valence-corrected chi connectivity index (χ1v) is 46.2. The second-order valence-corrected chi connectivity index (χ2v) is 46.2. The van der Waals surface area contributed by atoms with E-state index in [1.54, 1.807) is 39.5 Å². The van der Waals surface area contributed by atoms with Gasteiger partial charge in [-0.15, -0.1) is 21.8 Å². The van der Waals surface area contributed by atoms with Gasteiger partial charge in [-0.3, -0.25) is 19.2 Å². The number of carbonyl (C=O) groups excluding carboxylic acids is 4. The van der Waals surface area contributed by atoms with Crippen LogP contribution in [0.3, 0.4) is 0 Å². The van der Waals surface area contributed by atoms with Crippen molar-refractivity contribution in [3.05, 3.63) is 194 Å². The number of fused-ring (bicyclic) bond motifs is 4. The van der Waals surface area contributed by atoms with E-state index in [-0.39, 0.29) is 241 Å². The first-order chi connectivity index (χ1) is 57.1. The van der Waals surface area contributed by atoms with Crippen molar-refractivity contribution in [2.45, 2.75) is 199 Å². The SMILES string of the molecule is C=C(C)COc1ccc(C)cc1OC.C=C(C)Cc1cc(C)cc(OC)c1O.CC(=O)C#N.COC(=O)CBr.COC(=O)COc1cc(C)cc2c1OC(C)(C)C2.COc1cc(C)cc2c1OC(C)(C)C2.COc1cc(C)ccc1F.C[Si](C)(C)I.Cc1cc(O)c2c(c1)CC(C)(C)O2.Cc1cc2c(c(OCC(=O)O)c1)OC(C)(C)C2.O=CO.O=CO[O-].[Cs+].[Cs+].[H-].[Li+].[OH-]. The summed E-state index contributed by atoms with van der Waals surface area (Å²) in [6.07, 6.45) is 4.17. The number of aromatic hydroxyl groups is 2. The summed E-state index contributed by atoms with van der Waals surface area (Å²) in [5, 5.41) is 51.2. The van der Waals surface area contributed by atoms with Gasteiger partial charge in [0.25, 0.3) is 12.9 Å². The maximum atomic E-state index is 12.6. The Morgan fingerprint density at radius 2 is 0.850 bits per heavy atom. The number of ether oxygens (including phenoxy) is 13. The molecule has 0 bridgehead atoms. The molecule has 7 aromatic rings. The molecule has 27 nitrogen and oxygen atoms in total. The van der Waals surface area contributed by atoms with E-state index in [0.717, 1.165) is 121 Å². The van der Waals surface area contributed by atoms with Crippen LogP contribution in [0.1, 0.15) is 144 Å². The van der Waals surface area contributed by atoms with Crippen molar-refractivity contribution in [2.75, 3.05) is 67.8 Å². The van der Waals surface area contributed by atoms with E-state index < -0.39 is 23.3 Å². The van der Waals surface area contributed by atoms with Gasteiger partial charge in [-0.1, -0.05) is 96.8 Å². The van der Waals surface area contributed by atoms with Crippen molar-refractivity contribution in [3.63, 3.8) is 0 Å². The van der Waals surface area contributed by atoms with Gasteiger partial charge in [-0.25, -0.2) is 14.0 Å². The third kappa shape index (κ3) is 53.9. The molecule has 5 N–H and O–H groups in total. The molecule has 0 saturated heterocycles. The zero-order chi connectivity index (χ0) is 94.7. The van der Waals surface area contributed by atoms with Crippen molar-refractivity contribution in [2.24, 2.45) is 0 Å². The number of hydrogen-bond acceptors (Lipinski definition) is 25. The number of benzene rings is 7. The summed E-state index contributed by atoms with van der Waals surface area (Å²) in [5.74, 6) is 5.47. The van der Waals surface area contributed by atoms with Crippen LogP contribution in [0.5, 0.6) is 74.7 Å². The number of carboxylic acids is 1. The quantitative estimate of drug-likeness (QED) is 0.00629. The predicted molar refractivity (Wildman–Crippen MR) is 489 cm³/mol. The smallest absolute Gasteiger partial charge is 1.00 e. The summed E-state index contributed by atoms with van der Waals surface area (Å²) in [6, 6.07) is 31.6. The van der Waals surface area contributed by atoms with Crippen LogP contribution < -0.4 is 214 Å². The monoisotopic (exact) mass is 2200 g/mol. The van der Waals surface area contributed by atoms with Crippen LogP contribution in [0.15, 0.2) is 121 Å². The molecule has 0 atom stereocenters. The molecule has 7 aromatic carbocycles. The van der Waals surface area contributed by atoms with Gasteiger partial charge < -0.3 is 99.1 Å². The van der Waals surface area contributed by atoms with Gasteiger partial charge in [0, 0.05) is 60.4 Å². The molecule has 0 unspecified atom stereocenters. The van der Waals surface area contributed by atoms with Crippen molar-refractivity contribution in [3.8, 4) is 80.8 Å². The molecule has 688 valence electrons. The number of rotatable bonds is 17. The fourth-order valence-corrected chi connectivity index (χ4v) is 11.6. The number of methoxy groups -OCH3 is 6. The molecule has 0 spiro atoms. The van der Waals surface area contributed by atoms with Crippen LogP contribution >= 0.6 is 37.7 Å². The predicted octanol–water partition coefficient (Wildman–Crippen LogP) is 9.49. The summed E-state index contributed by atoms with van der Waals surface area (Å²) in [5.41, 5.74) is 13.8. The Kier molecular flexibility index (Phi) is 65.9. The molecule has 11 rings (SSSR count). The van der Waals surface area contributed by atoms with E-state index in [1.165, 1.54) is 51.5 Å². The van der Waals surface area contributed by atoms with Crippen LogP contribution in [0.25, 0.3) is 0 Å². The van der Waals surface area contributed by atoms with Crippen LogP contribution in [-0.4, -0.2) is 158 Å². The number of phenols is 2. The molecule has 0 aromatic heterocycles. The number of phenolic OH excluding ortho intramolecular Hbond substituents is 2. The zero-order valence-electron chi connectivity index (χ0n) is 80.6. The molecule has 4 heterocycles. The third-order valence-electron chi connectivity index (χ3n) is 15.9.